The summed E-state index contributed by atoms with van der Waals surface area (Å²) in [6, 6.07) is 5.61. The van der Waals surface area contributed by atoms with E-state index in [0.29, 0.717) is 27.7 Å². The Morgan fingerprint density at radius 1 is 1.33 bits per heavy atom. The van der Waals surface area contributed by atoms with Crippen molar-refractivity contribution in [3.8, 4) is 17.0 Å². The zero-order chi connectivity index (χ0) is 22.9. The molecule has 0 saturated heterocycles. The second kappa shape index (κ2) is 8.92. The van der Waals surface area contributed by atoms with Crippen LogP contribution < -0.4 is 20.8 Å². The molecule has 172 valence electrons. The molecule has 33 heavy (non-hydrogen) atoms. The number of hydrogen-bond acceptors (Lipinski definition) is 7. The van der Waals surface area contributed by atoms with Crippen molar-refractivity contribution in [3.05, 3.63) is 53.6 Å². The van der Waals surface area contributed by atoms with Crippen LogP contribution >= 0.6 is 11.6 Å². The van der Waals surface area contributed by atoms with Gasteiger partial charge in [0, 0.05) is 29.0 Å². The van der Waals surface area contributed by atoms with Gasteiger partial charge in [-0.15, -0.1) is 0 Å². The maximum atomic E-state index is 12.7. The zero-order valence-electron chi connectivity index (χ0n) is 18.3. The first-order valence-corrected chi connectivity index (χ1v) is 11.4. The molecule has 1 fully saturated rings. The molecule has 3 aliphatic rings. The number of methoxy groups -OCH3 is 1. The summed E-state index contributed by atoms with van der Waals surface area (Å²) in [5.74, 6) is 1.28. The van der Waals surface area contributed by atoms with E-state index in [1.165, 1.54) is 0 Å². The van der Waals surface area contributed by atoms with Crippen LogP contribution in [-0.4, -0.2) is 46.2 Å². The molecule has 1 amide bonds. The number of nitrogens with one attached hydrogen (secondary N) is 1. The third-order valence-corrected chi connectivity index (χ3v) is 6.26. The van der Waals surface area contributed by atoms with Gasteiger partial charge in [0.05, 0.1) is 13.3 Å². The number of aliphatic imine (C=N–C) groups is 1. The summed E-state index contributed by atoms with van der Waals surface area (Å²) in [6.07, 6.45) is 13.0. The molecule has 3 heterocycles. The number of halogens is 1. The molecule has 9 nitrogen and oxygen atoms in total. The van der Waals surface area contributed by atoms with Gasteiger partial charge in [0.15, 0.2) is 5.82 Å². The van der Waals surface area contributed by atoms with Gasteiger partial charge in [-0.1, -0.05) is 24.4 Å². The number of ether oxygens (including phenoxy) is 1. The maximum absolute atomic E-state index is 12.7. The van der Waals surface area contributed by atoms with Crippen LogP contribution in [-0.2, 0) is 11.3 Å². The number of amides is 1. The Kier molecular flexibility index (Phi) is 5.82. The fraction of sp³-hybridized carbons (Fsp3) is 0.348. The van der Waals surface area contributed by atoms with E-state index in [0.717, 1.165) is 31.5 Å². The van der Waals surface area contributed by atoms with Crippen molar-refractivity contribution in [3.63, 3.8) is 0 Å². The quantitative estimate of drug-likeness (QED) is 0.677. The molecular formula is C23H26ClN7O2. The first-order valence-electron chi connectivity index (χ1n) is 11.0. The molecule has 1 aliphatic carbocycles. The molecule has 0 spiro atoms. The first kappa shape index (κ1) is 21.5. The third-order valence-electron chi connectivity index (χ3n) is 6.02. The van der Waals surface area contributed by atoms with Gasteiger partial charge in [-0.05, 0) is 43.2 Å². The Hall–Kier alpha value is -3.30. The Bertz CT molecular complexity index is 1150. The Balaban J connectivity index is 1.53. The molecule has 0 bridgehead atoms. The number of anilines is 1. The lowest BCUT2D eigenvalue weighted by molar-refractivity contribution is -0.122. The number of nitrogens with zero attached hydrogens (tertiary/aromatic N) is 5. The number of fused-ring (bicyclic) bond motifs is 1. The number of carbonyl (C=O) groups excluding carboxylic acids is 1. The molecule has 0 radical (unpaired) electrons. The van der Waals surface area contributed by atoms with E-state index in [1.807, 2.05) is 34.6 Å². The molecule has 5 rings (SSSR count). The smallest absolute Gasteiger partial charge is 0.241 e. The largest absolute Gasteiger partial charge is 0.496 e. The summed E-state index contributed by atoms with van der Waals surface area (Å²) in [6.45, 7) is 0.101. The van der Waals surface area contributed by atoms with Crippen LogP contribution in [0.4, 0.5) is 5.69 Å². The lowest BCUT2D eigenvalue weighted by Crippen LogP contribution is -2.44. The van der Waals surface area contributed by atoms with Gasteiger partial charge < -0.3 is 15.8 Å². The summed E-state index contributed by atoms with van der Waals surface area (Å²) >= 11 is 6.32. The van der Waals surface area contributed by atoms with Crippen LogP contribution in [0.25, 0.3) is 11.3 Å². The highest BCUT2D eigenvalue weighted by Crippen LogP contribution is 2.40. The Morgan fingerprint density at radius 3 is 2.94 bits per heavy atom. The molecule has 10 heteroatoms. The van der Waals surface area contributed by atoms with Crippen LogP contribution in [0, 0.1) is 0 Å². The Labute approximate surface area is 197 Å². The summed E-state index contributed by atoms with van der Waals surface area (Å²) in [4.78, 5) is 17.1. The van der Waals surface area contributed by atoms with E-state index in [-0.39, 0.29) is 18.5 Å². The minimum atomic E-state index is -0.464. The van der Waals surface area contributed by atoms with Gasteiger partial charge >= 0.3 is 0 Å². The SMILES string of the molecule is COc1ccc(Cl)cc1-c1nn(CC(=O)NC2CCCC2)cc1N1C(N)C=C2N=CC=CN21. The fourth-order valence-electron chi connectivity index (χ4n) is 4.53. The number of hydrazine groups is 1. The van der Waals surface area contributed by atoms with Crippen LogP contribution in [0.3, 0.4) is 0 Å². The van der Waals surface area contributed by atoms with Crippen molar-refractivity contribution in [1.82, 2.24) is 20.1 Å². The second-order valence-corrected chi connectivity index (χ2v) is 8.71. The number of hydrogen-bond donors (Lipinski definition) is 2. The average molecular weight is 468 g/mol. The monoisotopic (exact) mass is 467 g/mol. The Morgan fingerprint density at radius 2 is 2.15 bits per heavy atom. The highest BCUT2D eigenvalue weighted by Gasteiger charge is 2.34. The predicted octanol–water partition coefficient (Wildman–Crippen LogP) is 3.03. The second-order valence-electron chi connectivity index (χ2n) is 8.28. The highest BCUT2D eigenvalue weighted by atomic mass is 35.5. The van der Waals surface area contributed by atoms with Crippen molar-refractivity contribution >= 4 is 29.4 Å². The van der Waals surface area contributed by atoms with Gasteiger partial charge in [0.1, 0.15) is 29.8 Å². The van der Waals surface area contributed by atoms with Crippen molar-refractivity contribution in [2.24, 2.45) is 10.7 Å². The molecule has 1 saturated carbocycles. The summed E-state index contributed by atoms with van der Waals surface area (Å²) in [7, 11) is 1.60. The van der Waals surface area contributed by atoms with Crippen LogP contribution in [0.2, 0.25) is 5.02 Å². The van der Waals surface area contributed by atoms with Gasteiger partial charge in [-0.2, -0.15) is 5.10 Å². The van der Waals surface area contributed by atoms with E-state index in [4.69, 9.17) is 27.2 Å². The topological polar surface area (TPSA) is 101 Å². The summed E-state index contributed by atoms with van der Waals surface area (Å²) < 4.78 is 7.22. The number of carbonyl (C=O) groups is 1. The summed E-state index contributed by atoms with van der Waals surface area (Å²) in [5.41, 5.74) is 8.49. The number of benzene rings is 1. The normalized spacial score (nSPS) is 19.7. The number of allylic oxidation sites excluding steroid dienone is 1. The van der Waals surface area contributed by atoms with Crippen molar-refractivity contribution in [2.45, 2.75) is 44.4 Å². The molecule has 2 aliphatic heterocycles. The minimum absolute atomic E-state index is 0.0624. The van der Waals surface area contributed by atoms with Gasteiger partial charge in [-0.25, -0.2) is 10.0 Å². The fourth-order valence-corrected chi connectivity index (χ4v) is 4.70. The van der Waals surface area contributed by atoms with E-state index in [9.17, 15) is 4.79 Å². The van der Waals surface area contributed by atoms with E-state index in [1.54, 1.807) is 36.2 Å². The van der Waals surface area contributed by atoms with E-state index in [2.05, 4.69) is 10.3 Å². The molecule has 1 atom stereocenters. The average Bonchev–Trinajstić information content (AvgIpc) is 3.52. The molecule has 2 aromatic rings. The van der Waals surface area contributed by atoms with E-state index >= 15 is 0 Å². The van der Waals surface area contributed by atoms with Gasteiger partial charge in [0.25, 0.3) is 0 Å². The maximum Gasteiger partial charge on any atom is 0.241 e. The molecule has 1 aromatic carbocycles. The van der Waals surface area contributed by atoms with Crippen LogP contribution in [0.1, 0.15) is 25.7 Å². The van der Waals surface area contributed by atoms with Crippen molar-refractivity contribution in [2.75, 3.05) is 12.1 Å². The number of rotatable bonds is 6. The third kappa shape index (κ3) is 4.21. The minimum Gasteiger partial charge on any atom is -0.496 e. The standard InChI is InChI=1S/C23H26ClN7O2/c1-33-19-8-7-15(24)11-17(19)23-18(31-20(25)12-21-26-9-4-10-30(21)31)13-29(28-23)14-22(32)27-16-5-2-3-6-16/h4,7-13,16,20H,2-3,5-6,14,25H2,1H3,(H,27,32). The van der Waals surface area contributed by atoms with Crippen LogP contribution in [0.5, 0.6) is 5.75 Å². The number of nitrogens with two attached hydrogens (primary N) is 1. The van der Waals surface area contributed by atoms with Crippen molar-refractivity contribution in [1.29, 1.82) is 0 Å². The molecular weight excluding hydrogens is 442 g/mol. The lowest BCUT2D eigenvalue weighted by atomic mass is 10.1. The molecule has 1 unspecified atom stereocenters. The van der Waals surface area contributed by atoms with Crippen molar-refractivity contribution < 1.29 is 9.53 Å². The zero-order valence-corrected chi connectivity index (χ0v) is 19.1. The van der Waals surface area contributed by atoms with Crippen LogP contribution in [0.15, 0.2) is 53.6 Å². The van der Waals surface area contributed by atoms with Gasteiger partial charge in [-0.3, -0.25) is 14.5 Å². The molecule has 1 aromatic heterocycles. The lowest BCUT2D eigenvalue weighted by Gasteiger charge is -2.32. The highest BCUT2D eigenvalue weighted by molar-refractivity contribution is 6.31. The van der Waals surface area contributed by atoms with E-state index < -0.39 is 6.17 Å². The number of aromatic nitrogens is 2. The predicted molar refractivity (Wildman–Crippen MR) is 128 cm³/mol. The first-order chi connectivity index (χ1) is 16.0. The molecule has 3 N–H and O–H groups in total. The summed E-state index contributed by atoms with van der Waals surface area (Å²) in [5, 5.41) is 12.2. The van der Waals surface area contributed by atoms with Gasteiger partial charge in [0.2, 0.25) is 5.91 Å².